The molecule has 0 saturated heterocycles. The topological polar surface area (TPSA) is 34.1 Å². The van der Waals surface area contributed by atoms with E-state index in [-0.39, 0.29) is 10.7 Å². The first-order valence-corrected chi connectivity index (χ1v) is 7.70. The van der Waals surface area contributed by atoms with Gasteiger partial charge in [0.05, 0.1) is 10.8 Å². The molecule has 2 unspecified atom stereocenters. The van der Waals surface area contributed by atoms with Crippen LogP contribution in [0.5, 0.6) is 0 Å². The summed E-state index contributed by atoms with van der Waals surface area (Å²) in [5.41, 5.74) is 0.459. The summed E-state index contributed by atoms with van der Waals surface area (Å²) in [6, 6.07) is 11.6. The summed E-state index contributed by atoms with van der Waals surface area (Å²) < 4.78 is 38.6. The first-order valence-electron chi connectivity index (χ1n) is 6.49. The van der Waals surface area contributed by atoms with Crippen LogP contribution in [0.1, 0.15) is 23.7 Å². The molecular formula is C16H14F2O2S. The van der Waals surface area contributed by atoms with Gasteiger partial charge in [0.1, 0.15) is 5.25 Å². The number of carbonyl (C=O) groups is 1. The molecule has 2 aromatic carbocycles. The van der Waals surface area contributed by atoms with Crippen LogP contribution in [0.2, 0.25) is 0 Å². The van der Waals surface area contributed by atoms with Crippen LogP contribution in [-0.2, 0) is 10.8 Å². The van der Waals surface area contributed by atoms with Crippen molar-refractivity contribution in [3.8, 4) is 0 Å². The van der Waals surface area contributed by atoms with E-state index < -0.39 is 27.7 Å². The zero-order chi connectivity index (χ0) is 15.4. The molecule has 0 N–H and O–H groups in total. The van der Waals surface area contributed by atoms with E-state index in [0.29, 0.717) is 12.0 Å². The molecule has 0 radical (unpaired) electrons. The van der Waals surface area contributed by atoms with E-state index in [0.717, 1.165) is 12.1 Å². The second-order valence-electron chi connectivity index (χ2n) is 4.50. The molecule has 0 bridgehead atoms. The molecular weight excluding hydrogens is 294 g/mol. The second kappa shape index (κ2) is 6.72. The number of rotatable bonds is 5. The molecule has 0 saturated carbocycles. The average molecular weight is 308 g/mol. The standard InChI is InChI=1S/C16H14F2O2S/c1-2-15(16(19)11-6-4-3-5-7-11)21(20)12-8-9-13(17)14(18)10-12/h3-10,15H,2H2,1H3. The molecule has 2 rings (SSSR count). The zero-order valence-corrected chi connectivity index (χ0v) is 12.2. The van der Waals surface area contributed by atoms with Crippen molar-refractivity contribution >= 4 is 16.6 Å². The molecule has 0 aliphatic carbocycles. The van der Waals surface area contributed by atoms with Crippen LogP contribution in [-0.4, -0.2) is 15.2 Å². The van der Waals surface area contributed by atoms with Gasteiger partial charge < -0.3 is 0 Å². The fraction of sp³-hybridized carbons (Fsp3) is 0.188. The van der Waals surface area contributed by atoms with Crippen LogP contribution in [0, 0.1) is 11.6 Å². The minimum atomic E-state index is -1.73. The summed E-state index contributed by atoms with van der Waals surface area (Å²) in [6.07, 6.45) is 0.347. The van der Waals surface area contributed by atoms with Crippen LogP contribution in [0.15, 0.2) is 53.4 Å². The molecule has 0 heterocycles. The normalized spacial score (nSPS) is 13.7. The Hall–Kier alpha value is -1.88. The highest BCUT2D eigenvalue weighted by molar-refractivity contribution is 7.86. The van der Waals surface area contributed by atoms with Crippen molar-refractivity contribution in [2.45, 2.75) is 23.5 Å². The molecule has 0 aromatic heterocycles. The van der Waals surface area contributed by atoms with Crippen molar-refractivity contribution in [3.63, 3.8) is 0 Å². The van der Waals surface area contributed by atoms with Crippen LogP contribution >= 0.6 is 0 Å². The number of carbonyl (C=O) groups excluding carboxylic acids is 1. The molecule has 0 spiro atoms. The van der Waals surface area contributed by atoms with Gasteiger partial charge in [0.2, 0.25) is 0 Å². The number of ketones is 1. The van der Waals surface area contributed by atoms with E-state index in [2.05, 4.69) is 0 Å². The maximum atomic E-state index is 13.2. The van der Waals surface area contributed by atoms with Gasteiger partial charge >= 0.3 is 0 Å². The Morgan fingerprint density at radius 1 is 1.10 bits per heavy atom. The van der Waals surface area contributed by atoms with E-state index in [1.165, 1.54) is 6.07 Å². The zero-order valence-electron chi connectivity index (χ0n) is 11.4. The first kappa shape index (κ1) is 15.5. The minimum Gasteiger partial charge on any atom is -0.293 e. The fourth-order valence-electron chi connectivity index (χ4n) is 1.99. The molecule has 2 atom stereocenters. The van der Waals surface area contributed by atoms with Gasteiger partial charge in [-0.2, -0.15) is 0 Å². The number of hydrogen-bond acceptors (Lipinski definition) is 2. The molecule has 2 aromatic rings. The average Bonchev–Trinajstić information content (AvgIpc) is 2.51. The van der Waals surface area contributed by atoms with Crippen molar-refractivity contribution in [1.29, 1.82) is 0 Å². The Kier molecular flexibility index (Phi) is 4.96. The van der Waals surface area contributed by atoms with Crippen LogP contribution in [0.3, 0.4) is 0 Å². The number of Topliss-reactive ketones (excluding diaryl/α,β-unsaturated/α-hetero) is 1. The summed E-state index contributed by atoms with van der Waals surface area (Å²) in [7, 11) is -1.73. The third kappa shape index (κ3) is 3.42. The summed E-state index contributed by atoms with van der Waals surface area (Å²) >= 11 is 0. The van der Waals surface area contributed by atoms with E-state index in [4.69, 9.17) is 0 Å². The monoisotopic (exact) mass is 308 g/mol. The van der Waals surface area contributed by atoms with Gasteiger partial charge in [-0.25, -0.2) is 8.78 Å². The summed E-state index contributed by atoms with van der Waals surface area (Å²) in [4.78, 5) is 12.5. The lowest BCUT2D eigenvalue weighted by molar-refractivity contribution is 0.0986. The van der Waals surface area contributed by atoms with Gasteiger partial charge in [0, 0.05) is 10.5 Å². The molecule has 110 valence electrons. The smallest absolute Gasteiger partial charge is 0.178 e. The number of benzene rings is 2. The predicted molar refractivity (Wildman–Crippen MR) is 77.6 cm³/mol. The van der Waals surface area contributed by atoms with Crippen molar-refractivity contribution in [1.82, 2.24) is 0 Å². The van der Waals surface area contributed by atoms with Gasteiger partial charge in [0.25, 0.3) is 0 Å². The van der Waals surface area contributed by atoms with Crippen LogP contribution in [0.25, 0.3) is 0 Å². The Labute approximate surface area is 124 Å². The fourth-order valence-corrected chi connectivity index (χ4v) is 3.37. The molecule has 21 heavy (non-hydrogen) atoms. The van der Waals surface area contributed by atoms with E-state index in [1.54, 1.807) is 37.3 Å². The van der Waals surface area contributed by atoms with E-state index in [1.807, 2.05) is 0 Å². The molecule has 2 nitrogen and oxygen atoms in total. The van der Waals surface area contributed by atoms with E-state index in [9.17, 15) is 17.8 Å². The highest BCUT2D eigenvalue weighted by atomic mass is 32.2. The third-order valence-electron chi connectivity index (χ3n) is 3.10. The van der Waals surface area contributed by atoms with Gasteiger partial charge in [0.15, 0.2) is 17.4 Å². The van der Waals surface area contributed by atoms with E-state index >= 15 is 0 Å². The molecule has 0 aliphatic heterocycles. The van der Waals surface area contributed by atoms with Crippen molar-refractivity contribution in [2.24, 2.45) is 0 Å². The largest absolute Gasteiger partial charge is 0.293 e. The SMILES string of the molecule is CCC(C(=O)c1ccccc1)S(=O)c1ccc(F)c(F)c1. The van der Waals surface area contributed by atoms with Gasteiger partial charge in [-0.1, -0.05) is 37.3 Å². The lowest BCUT2D eigenvalue weighted by Gasteiger charge is -2.14. The maximum absolute atomic E-state index is 13.2. The van der Waals surface area contributed by atoms with Crippen LogP contribution < -0.4 is 0 Å². The molecule has 0 amide bonds. The number of hydrogen-bond donors (Lipinski definition) is 0. The predicted octanol–water partition coefficient (Wildman–Crippen LogP) is 3.73. The van der Waals surface area contributed by atoms with Gasteiger partial charge in [-0.05, 0) is 24.6 Å². The second-order valence-corrected chi connectivity index (χ2v) is 6.14. The van der Waals surface area contributed by atoms with Crippen molar-refractivity contribution in [3.05, 3.63) is 65.7 Å². The van der Waals surface area contributed by atoms with Gasteiger partial charge in [-0.3, -0.25) is 9.00 Å². The van der Waals surface area contributed by atoms with Gasteiger partial charge in [-0.15, -0.1) is 0 Å². The summed E-state index contributed by atoms with van der Waals surface area (Å²) in [5, 5.41) is -0.780. The molecule has 0 aliphatic rings. The maximum Gasteiger partial charge on any atom is 0.178 e. The lowest BCUT2D eigenvalue weighted by Crippen LogP contribution is -2.25. The van der Waals surface area contributed by atoms with Crippen LogP contribution in [0.4, 0.5) is 8.78 Å². The van der Waals surface area contributed by atoms with Crippen molar-refractivity contribution < 1.29 is 17.8 Å². The highest BCUT2D eigenvalue weighted by Gasteiger charge is 2.26. The highest BCUT2D eigenvalue weighted by Crippen LogP contribution is 2.20. The first-order chi connectivity index (χ1) is 10.0. The molecule has 5 heteroatoms. The summed E-state index contributed by atoms with van der Waals surface area (Å²) in [6.45, 7) is 1.74. The Morgan fingerprint density at radius 3 is 2.33 bits per heavy atom. The Bertz CT molecular complexity index is 671. The lowest BCUT2D eigenvalue weighted by atomic mass is 10.1. The quantitative estimate of drug-likeness (QED) is 0.789. The Morgan fingerprint density at radius 2 is 1.76 bits per heavy atom. The Balaban J connectivity index is 2.30. The third-order valence-corrected chi connectivity index (χ3v) is 4.89. The molecule has 0 fully saturated rings. The summed E-state index contributed by atoms with van der Waals surface area (Å²) in [5.74, 6) is -2.33. The minimum absolute atomic E-state index is 0.116. The van der Waals surface area contributed by atoms with Crippen molar-refractivity contribution in [2.75, 3.05) is 0 Å². The number of halogens is 2.